The Balaban J connectivity index is 2.35. The number of aryl methyl sites for hydroxylation is 1. The van der Waals surface area contributed by atoms with E-state index >= 15 is 0 Å². The second-order valence-corrected chi connectivity index (χ2v) is 4.34. The minimum Gasteiger partial charge on any atom is -0.492 e. The van der Waals surface area contributed by atoms with Gasteiger partial charge in [-0.05, 0) is 38.5 Å². The molecular formula is C14H19N3O. The van der Waals surface area contributed by atoms with E-state index in [1.807, 2.05) is 35.9 Å². The molecule has 1 aromatic heterocycles. The summed E-state index contributed by atoms with van der Waals surface area (Å²) >= 11 is 0. The van der Waals surface area contributed by atoms with Crippen LogP contribution in [-0.4, -0.2) is 22.9 Å². The standard InChI is InChI=1S/C14H19N3O/c1-10-11(2)16-17(12(10)3)13-5-4-6-14(9-13)18-8-7-15/h4-6,9H,7-8,15H2,1-3H3. The maximum Gasteiger partial charge on any atom is 0.121 e. The smallest absolute Gasteiger partial charge is 0.121 e. The zero-order valence-electron chi connectivity index (χ0n) is 11.1. The van der Waals surface area contributed by atoms with Crippen molar-refractivity contribution in [1.29, 1.82) is 0 Å². The highest BCUT2D eigenvalue weighted by Crippen LogP contribution is 2.20. The van der Waals surface area contributed by atoms with Gasteiger partial charge in [-0.3, -0.25) is 0 Å². The zero-order valence-corrected chi connectivity index (χ0v) is 11.1. The number of aromatic nitrogens is 2. The van der Waals surface area contributed by atoms with Gasteiger partial charge < -0.3 is 10.5 Å². The molecule has 0 spiro atoms. The third kappa shape index (κ3) is 2.38. The first-order valence-electron chi connectivity index (χ1n) is 6.09. The molecule has 1 heterocycles. The number of ether oxygens (including phenoxy) is 1. The fraction of sp³-hybridized carbons (Fsp3) is 0.357. The number of rotatable bonds is 4. The molecule has 0 saturated heterocycles. The summed E-state index contributed by atoms with van der Waals surface area (Å²) in [4.78, 5) is 0. The van der Waals surface area contributed by atoms with Crippen LogP contribution in [0.5, 0.6) is 5.75 Å². The first kappa shape index (κ1) is 12.6. The van der Waals surface area contributed by atoms with E-state index in [1.165, 1.54) is 5.56 Å². The van der Waals surface area contributed by atoms with Gasteiger partial charge in [-0.25, -0.2) is 4.68 Å². The minimum absolute atomic E-state index is 0.517. The third-order valence-electron chi connectivity index (χ3n) is 3.10. The SMILES string of the molecule is Cc1nn(-c2cccc(OCCN)c2)c(C)c1C. The molecule has 2 rings (SSSR count). The molecule has 0 atom stereocenters. The maximum atomic E-state index is 5.53. The van der Waals surface area contributed by atoms with Gasteiger partial charge in [0.05, 0.1) is 11.4 Å². The molecule has 0 unspecified atom stereocenters. The van der Waals surface area contributed by atoms with Crippen molar-refractivity contribution in [3.8, 4) is 11.4 Å². The topological polar surface area (TPSA) is 53.1 Å². The molecule has 0 bridgehead atoms. The molecule has 1 aromatic carbocycles. The second-order valence-electron chi connectivity index (χ2n) is 4.34. The summed E-state index contributed by atoms with van der Waals surface area (Å²) in [7, 11) is 0. The average molecular weight is 245 g/mol. The first-order valence-corrected chi connectivity index (χ1v) is 6.09. The van der Waals surface area contributed by atoms with Gasteiger partial charge in [-0.15, -0.1) is 0 Å². The highest BCUT2D eigenvalue weighted by atomic mass is 16.5. The van der Waals surface area contributed by atoms with E-state index in [2.05, 4.69) is 18.9 Å². The Kier molecular flexibility index (Phi) is 3.67. The molecule has 0 amide bonds. The molecule has 96 valence electrons. The summed E-state index contributed by atoms with van der Waals surface area (Å²) in [6, 6.07) is 7.90. The second kappa shape index (κ2) is 5.23. The van der Waals surface area contributed by atoms with Crippen LogP contribution in [0.2, 0.25) is 0 Å². The predicted octanol–water partition coefficient (Wildman–Crippen LogP) is 2.14. The summed E-state index contributed by atoms with van der Waals surface area (Å²) in [5, 5.41) is 4.54. The molecule has 0 saturated carbocycles. The van der Waals surface area contributed by atoms with Gasteiger partial charge in [-0.2, -0.15) is 5.10 Å². The van der Waals surface area contributed by atoms with E-state index < -0.39 is 0 Å². The van der Waals surface area contributed by atoms with Gasteiger partial charge in [-0.1, -0.05) is 6.07 Å². The molecule has 2 N–H and O–H groups in total. The Labute approximate surface area is 107 Å². The number of hydrogen-bond donors (Lipinski definition) is 1. The van der Waals surface area contributed by atoms with Crippen LogP contribution < -0.4 is 10.5 Å². The van der Waals surface area contributed by atoms with E-state index in [9.17, 15) is 0 Å². The summed E-state index contributed by atoms with van der Waals surface area (Å²) in [5.74, 6) is 0.822. The lowest BCUT2D eigenvalue weighted by Crippen LogP contribution is -2.10. The van der Waals surface area contributed by atoms with Crippen molar-refractivity contribution in [3.63, 3.8) is 0 Å². The van der Waals surface area contributed by atoms with Gasteiger partial charge in [0, 0.05) is 18.3 Å². The molecule has 0 aliphatic carbocycles. The number of hydrogen-bond acceptors (Lipinski definition) is 3. The van der Waals surface area contributed by atoms with Crippen molar-refractivity contribution in [2.45, 2.75) is 20.8 Å². The quantitative estimate of drug-likeness (QED) is 0.897. The Bertz CT molecular complexity index is 546. The van der Waals surface area contributed by atoms with Gasteiger partial charge in [0.25, 0.3) is 0 Å². The first-order chi connectivity index (χ1) is 8.63. The highest BCUT2D eigenvalue weighted by Gasteiger charge is 2.09. The van der Waals surface area contributed by atoms with Crippen LogP contribution in [0.3, 0.4) is 0 Å². The molecule has 2 aromatic rings. The molecular weight excluding hydrogens is 226 g/mol. The highest BCUT2D eigenvalue weighted by molar-refractivity contribution is 5.41. The maximum absolute atomic E-state index is 5.53. The monoisotopic (exact) mass is 245 g/mol. The zero-order chi connectivity index (χ0) is 13.1. The summed E-state index contributed by atoms with van der Waals surface area (Å²) in [6.45, 7) is 7.22. The molecule has 0 aliphatic rings. The van der Waals surface area contributed by atoms with Crippen LogP contribution in [0.4, 0.5) is 0 Å². The average Bonchev–Trinajstić information content (AvgIpc) is 2.64. The summed E-state index contributed by atoms with van der Waals surface area (Å²) < 4.78 is 7.47. The van der Waals surface area contributed by atoms with Crippen LogP contribution >= 0.6 is 0 Å². The molecule has 4 nitrogen and oxygen atoms in total. The van der Waals surface area contributed by atoms with Crippen molar-refractivity contribution in [1.82, 2.24) is 9.78 Å². The number of benzene rings is 1. The van der Waals surface area contributed by atoms with Crippen molar-refractivity contribution in [2.24, 2.45) is 5.73 Å². The number of nitrogens with two attached hydrogens (primary N) is 1. The van der Waals surface area contributed by atoms with E-state index in [1.54, 1.807) is 0 Å². The van der Waals surface area contributed by atoms with E-state index in [0.717, 1.165) is 22.8 Å². The van der Waals surface area contributed by atoms with Crippen molar-refractivity contribution < 1.29 is 4.74 Å². The lowest BCUT2D eigenvalue weighted by Gasteiger charge is -2.08. The van der Waals surface area contributed by atoms with Gasteiger partial charge in [0.1, 0.15) is 12.4 Å². The van der Waals surface area contributed by atoms with Crippen LogP contribution in [-0.2, 0) is 0 Å². The predicted molar refractivity (Wildman–Crippen MR) is 72.3 cm³/mol. The fourth-order valence-electron chi connectivity index (χ4n) is 1.85. The van der Waals surface area contributed by atoms with E-state index in [4.69, 9.17) is 10.5 Å². The van der Waals surface area contributed by atoms with Crippen LogP contribution in [0, 0.1) is 20.8 Å². The molecule has 0 aliphatic heterocycles. The molecule has 0 fully saturated rings. The minimum atomic E-state index is 0.517. The fourth-order valence-corrected chi connectivity index (χ4v) is 1.85. The lowest BCUT2D eigenvalue weighted by molar-refractivity contribution is 0.328. The van der Waals surface area contributed by atoms with Crippen LogP contribution in [0.25, 0.3) is 5.69 Å². The molecule has 18 heavy (non-hydrogen) atoms. The summed E-state index contributed by atoms with van der Waals surface area (Å²) in [6.07, 6.45) is 0. The molecule has 4 heteroatoms. The van der Waals surface area contributed by atoms with E-state index in [0.29, 0.717) is 13.2 Å². The largest absolute Gasteiger partial charge is 0.492 e. The van der Waals surface area contributed by atoms with Gasteiger partial charge >= 0.3 is 0 Å². The van der Waals surface area contributed by atoms with Crippen molar-refractivity contribution in [2.75, 3.05) is 13.2 Å². The Morgan fingerprint density at radius 3 is 2.67 bits per heavy atom. The van der Waals surface area contributed by atoms with E-state index in [-0.39, 0.29) is 0 Å². The Hall–Kier alpha value is -1.81. The normalized spacial score (nSPS) is 10.7. The Morgan fingerprint density at radius 1 is 1.28 bits per heavy atom. The van der Waals surface area contributed by atoms with Crippen molar-refractivity contribution in [3.05, 3.63) is 41.2 Å². The van der Waals surface area contributed by atoms with Crippen LogP contribution in [0.15, 0.2) is 24.3 Å². The molecule has 0 radical (unpaired) electrons. The lowest BCUT2D eigenvalue weighted by atomic mass is 10.2. The number of nitrogens with zero attached hydrogens (tertiary/aromatic N) is 2. The van der Waals surface area contributed by atoms with Crippen LogP contribution in [0.1, 0.15) is 17.0 Å². The van der Waals surface area contributed by atoms with Gasteiger partial charge in [0.15, 0.2) is 0 Å². The third-order valence-corrected chi connectivity index (χ3v) is 3.10. The Morgan fingerprint density at radius 2 is 2.06 bits per heavy atom. The summed E-state index contributed by atoms with van der Waals surface area (Å²) in [5.41, 5.74) is 9.88. The van der Waals surface area contributed by atoms with Crippen molar-refractivity contribution >= 4 is 0 Å². The van der Waals surface area contributed by atoms with Gasteiger partial charge in [0.2, 0.25) is 0 Å².